The molecule has 0 saturated carbocycles. The van der Waals surface area contributed by atoms with Gasteiger partial charge in [0.1, 0.15) is 0 Å². The largest absolute Gasteiger partial charge is 0.467 e. The molecule has 0 spiro atoms. The Morgan fingerprint density at radius 1 is 1.50 bits per heavy atom. The van der Waals surface area contributed by atoms with Crippen molar-refractivity contribution in [2.75, 3.05) is 13.7 Å². The van der Waals surface area contributed by atoms with E-state index in [0.717, 1.165) is 7.11 Å². The van der Waals surface area contributed by atoms with Crippen LogP contribution >= 0.6 is 0 Å². The van der Waals surface area contributed by atoms with Gasteiger partial charge in [-0.2, -0.15) is 0 Å². The van der Waals surface area contributed by atoms with E-state index in [2.05, 4.69) is 15.0 Å². The molecule has 1 rings (SSSR count). The van der Waals surface area contributed by atoms with E-state index >= 15 is 0 Å². The van der Waals surface area contributed by atoms with Gasteiger partial charge in [-0.3, -0.25) is 9.78 Å². The first-order valence-corrected chi connectivity index (χ1v) is 4.59. The number of nitrogens with zero attached hydrogens (tertiary/aromatic N) is 1. The number of carbonyl (C=O) groups is 2. The standard InChI is InChI=1S/C10H12N2O4/c1-16-10(15)8(13)6-12-9(14)7-2-4-11-5-3-7/h2-5,8,13H,6H2,1H3,(H,12,14). The zero-order valence-corrected chi connectivity index (χ0v) is 8.71. The minimum atomic E-state index is -1.35. The van der Waals surface area contributed by atoms with Gasteiger partial charge >= 0.3 is 5.97 Å². The highest BCUT2D eigenvalue weighted by molar-refractivity contribution is 5.94. The van der Waals surface area contributed by atoms with Crippen LogP contribution in [0.2, 0.25) is 0 Å². The van der Waals surface area contributed by atoms with Crippen LogP contribution < -0.4 is 5.32 Å². The van der Waals surface area contributed by atoms with Crippen LogP contribution in [0, 0.1) is 0 Å². The van der Waals surface area contributed by atoms with E-state index in [1.807, 2.05) is 0 Å². The number of carbonyl (C=O) groups excluding carboxylic acids is 2. The summed E-state index contributed by atoms with van der Waals surface area (Å²) >= 11 is 0. The molecule has 1 aromatic heterocycles. The van der Waals surface area contributed by atoms with E-state index in [9.17, 15) is 14.7 Å². The van der Waals surface area contributed by atoms with Gasteiger partial charge in [0.2, 0.25) is 0 Å². The number of esters is 1. The predicted molar refractivity (Wildman–Crippen MR) is 54.6 cm³/mol. The normalized spacial score (nSPS) is 11.6. The fourth-order valence-electron chi connectivity index (χ4n) is 1.01. The lowest BCUT2D eigenvalue weighted by Crippen LogP contribution is -2.37. The summed E-state index contributed by atoms with van der Waals surface area (Å²) < 4.78 is 4.30. The second-order valence-corrected chi connectivity index (χ2v) is 2.98. The number of amides is 1. The van der Waals surface area contributed by atoms with Crippen molar-refractivity contribution in [1.82, 2.24) is 10.3 Å². The summed E-state index contributed by atoms with van der Waals surface area (Å²) in [5.41, 5.74) is 0.409. The number of hydrogen-bond donors (Lipinski definition) is 2. The summed E-state index contributed by atoms with van der Waals surface area (Å²) in [6.07, 6.45) is 1.60. The first-order chi connectivity index (χ1) is 7.65. The van der Waals surface area contributed by atoms with Crippen molar-refractivity contribution in [3.8, 4) is 0 Å². The topological polar surface area (TPSA) is 88.5 Å². The summed E-state index contributed by atoms with van der Waals surface area (Å²) in [5.74, 6) is -1.17. The van der Waals surface area contributed by atoms with E-state index in [0.29, 0.717) is 5.56 Å². The summed E-state index contributed by atoms with van der Waals surface area (Å²) in [7, 11) is 1.16. The predicted octanol–water partition coefficient (Wildman–Crippen LogP) is -0.655. The van der Waals surface area contributed by atoms with E-state index in [1.54, 1.807) is 0 Å². The highest BCUT2D eigenvalue weighted by Crippen LogP contribution is 1.95. The minimum absolute atomic E-state index is 0.187. The quantitative estimate of drug-likeness (QED) is 0.663. The SMILES string of the molecule is COC(=O)C(O)CNC(=O)c1ccncc1. The molecule has 0 saturated heterocycles. The Balaban J connectivity index is 2.45. The number of methoxy groups -OCH3 is 1. The third-order valence-electron chi connectivity index (χ3n) is 1.87. The lowest BCUT2D eigenvalue weighted by atomic mass is 10.2. The molecule has 0 aromatic carbocycles. The van der Waals surface area contributed by atoms with E-state index in [1.165, 1.54) is 24.5 Å². The van der Waals surface area contributed by atoms with Gasteiger partial charge < -0.3 is 15.2 Å². The van der Waals surface area contributed by atoms with Crippen LogP contribution in [0.3, 0.4) is 0 Å². The highest BCUT2D eigenvalue weighted by atomic mass is 16.5. The van der Waals surface area contributed by atoms with Gasteiger partial charge in [0.25, 0.3) is 5.91 Å². The van der Waals surface area contributed by atoms with E-state index in [4.69, 9.17) is 0 Å². The Bertz CT molecular complexity index is 366. The molecule has 0 fully saturated rings. The number of aliphatic hydroxyl groups is 1. The summed E-state index contributed by atoms with van der Waals surface area (Å²) in [6.45, 7) is -0.187. The van der Waals surface area contributed by atoms with Crippen molar-refractivity contribution < 1.29 is 19.4 Å². The lowest BCUT2D eigenvalue weighted by Gasteiger charge is -2.09. The van der Waals surface area contributed by atoms with Crippen molar-refractivity contribution in [2.24, 2.45) is 0 Å². The van der Waals surface area contributed by atoms with E-state index in [-0.39, 0.29) is 12.5 Å². The monoisotopic (exact) mass is 224 g/mol. The van der Waals surface area contributed by atoms with Crippen LogP contribution in [-0.2, 0) is 9.53 Å². The Kier molecular flexibility index (Phi) is 4.41. The highest BCUT2D eigenvalue weighted by Gasteiger charge is 2.16. The molecular formula is C10H12N2O4. The third kappa shape index (κ3) is 3.32. The average Bonchev–Trinajstić information content (AvgIpc) is 2.35. The van der Waals surface area contributed by atoms with Gasteiger partial charge in [0.15, 0.2) is 6.10 Å². The van der Waals surface area contributed by atoms with Crippen molar-refractivity contribution in [2.45, 2.75) is 6.10 Å². The Morgan fingerprint density at radius 3 is 2.69 bits per heavy atom. The van der Waals surface area contributed by atoms with Crippen molar-refractivity contribution >= 4 is 11.9 Å². The maximum absolute atomic E-state index is 11.5. The average molecular weight is 224 g/mol. The molecule has 86 valence electrons. The maximum Gasteiger partial charge on any atom is 0.336 e. The molecule has 6 nitrogen and oxygen atoms in total. The molecule has 0 aliphatic carbocycles. The second-order valence-electron chi connectivity index (χ2n) is 2.98. The molecule has 6 heteroatoms. The zero-order chi connectivity index (χ0) is 12.0. The van der Waals surface area contributed by atoms with Crippen LogP contribution in [-0.4, -0.2) is 41.7 Å². The van der Waals surface area contributed by atoms with E-state index < -0.39 is 12.1 Å². The van der Waals surface area contributed by atoms with Gasteiger partial charge in [0.05, 0.1) is 13.7 Å². The molecule has 1 heterocycles. The first-order valence-electron chi connectivity index (χ1n) is 4.59. The van der Waals surface area contributed by atoms with Gasteiger partial charge in [-0.15, -0.1) is 0 Å². The molecular weight excluding hydrogens is 212 g/mol. The second kappa shape index (κ2) is 5.82. The Labute approximate surface area is 92.3 Å². The minimum Gasteiger partial charge on any atom is -0.467 e. The third-order valence-corrected chi connectivity index (χ3v) is 1.87. The molecule has 0 aliphatic heterocycles. The number of aliphatic hydroxyl groups excluding tert-OH is 1. The molecule has 16 heavy (non-hydrogen) atoms. The molecule has 2 N–H and O–H groups in total. The molecule has 0 radical (unpaired) electrons. The number of hydrogen-bond acceptors (Lipinski definition) is 5. The van der Waals surface area contributed by atoms with Gasteiger partial charge in [-0.25, -0.2) is 4.79 Å². The molecule has 1 unspecified atom stereocenters. The van der Waals surface area contributed by atoms with Crippen LogP contribution in [0.4, 0.5) is 0 Å². The Hall–Kier alpha value is -1.95. The Morgan fingerprint density at radius 2 is 2.12 bits per heavy atom. The van der Waals surface area contributed by atoms with Crippen LogP contribution in [0.15, 0.2) is 24.5 Å². The van der Waals surface area contributed by atoms with Gasteiger partial charge in [0, 0.05) is 18.0 Å². The number of pyridine rings is 1. The van der Waals surface area contributed by atoms with Crippen molar-refractivity contribution in [3.63, 3.8) is 0 Å². The van der Waals surface area contributed by atoms with Crippen LogP contribution in [0.5, 0.6) is 0 Å². The molecule has 1 atom stereocenters. The lowest BCUT2D eigenvalue weighted by molar-refractivity contribution is -0.149. The maximum atomic E-state index is 11.5. The molecule has 1 aromatic rings. The number of nitrogens with one attached hydrogen (secondary N) is 1. The summed E-state index contributed by atoms with van der Waals surface area (Å²) in [4.78, 5) is 26.0. The first kappa shape index (κ1) is 12.1. The molecule has 0 bridgehead atoms. The van der Waals surface area contributed by atoms with Crippen molar-refractivity contribution in [1.29, 1.82) is 0 Å². The number of ether oxygens (including phenoxy) is 1. The van der Waals surface area contributed by atoms with Gasteiger partial charge in [-0.05, 0) is 12.1 Å². The number of aromatic nitrogens is 1. The zero-order valence-electron chi connectivity index (χ0n) is 8.71. The number of rotatable bonds is 4. The van der Waals surface area contributed by atoms with Crippen molar-refractivity contribution in [3.05, 3.63) is 30.1 Å². The smallest absolute Gasteiger partial charge is 0.336 e. The van der Waals surface area contributed by atoms with Crippen LogP contribution in [0.1, 0.15) is 10.4 Å². The fraction of sp³-hybridized carbons (Fsp3) is 0.300. The fourth-order valence-corrected chi connectivity index (χ4v) is 1.01. The molecule has 1 amide bonds. The summed E-state index contributed by atoms with van der Waals surface area (Å²) in [6, 6.07) is 3.06. The summed E-state index contributed by atoms with van der Waals surface area (Å²) in [5, 5.41) is 11.6. The molecule has 0 aliphatic rings. The van der Waals surface area contributed by atoms with Gasteiger partial charge in [-0.1, -0.05) is 0 Å². The van der Waals surface area contributed by atoms with Crippen LogP contribution in [0.25, 0.3) is 0 Å².